The van der Waals surface area contributed by atoms with Crippen molar-refractivity contribution in [3.05, 3.63) is 47.5 Å². The van der Waals surface area contributed by atoms with E-state index in [9.17, 15) is 8.42 Å². The zero-order valence-electron chi connectivity index (χ0n) is 11.6. The molecule has 0 unspecified atom stereocenters. The molecule has 1 aromatic carbocycles. The molecule has 0 atom stereocenters. The van der Waals surface area contributed by atoms with E-state index in [1.807, 2.05) is 43.3 Å². The van der Waals surface area contributed by atoms with E-state index in [4.69, 9.17) is 11.6 Å². The third kappa shape index (κ3) is 4.13. The van der Waals surface area contributed by atoms with E-state index in [0.717, 1.165) is 11.3 Å². The maximum atomic E-state index is 12.0. The zero-order chi connectivity index (χ0) is 15.5. The molecule has 0 radical (unpaired) electrons. The molecule has 0 saturated heterocycles. The lowest BCUT2D eigenvalue weighted by Crippen LogP contribution is -2.23. The molecule has 6 nitrogen and oxygen atoms in total. The summed E-state index contributed by atoms with van der Waals surface area (Å²) in [5, 5.41) is 0.00762. The van der Waals surface area contributed by atoms with Gasteiger partial charge in [-0.05, 0) is 29.3 Å². The molecule has 112 valence electrons. The fourth-order valence-corrected chi connectivity index (χ4v) is 2.62. The van der Waals surface area contributed by atoms with Crippen LogP contribution in [0.4, 0.5) is 5.69 Å². The van der Waals surface area contributed by atoms with Gasteiger partial charge in [-0.1, -0.05) is 12.1 Å². The van der Waals surface area contributed by atoms with Gasteiger partial charge in [-0.2, -0.15) is 0 Å². The van der Waals surface area contributed by atoms with Crippen LogP contribution < -0.4 is 9.62 Å². The van der Waals surface area contributed by atoms with Gasteiger partial charge in [-0.15, -0.1) is 0 Å². The molecule has 21 heavy (non-hydrogen) atoms. The number of halogens is 1. The Morgan fingerprint density at radius 3 is 2.24 bits per heavy atom. The first-order valence-electron chi connectivity index (χ1n) is 6.12. The largest absolute Gasteiger partial charge is 0.378 e. The summed E-state index contributed by atoms with van der Waals surface area (Å²) in [5.41, 5.74) is 1.91. The van der Waals surface area contributed by atoms with Gasteiger partial charge in [-0.25, -0.2) is 23.1 Å². The molecule has 0 saturated carbocycles. The summed E-state index contributed by atoms with van der Waals surface area (Å²) < 4.78 is 26.6. The molecule has 8 heteroatoms. The minimum absolute atomic E-state index is 0.00762. The van der Waals surface area contributed by atoms with Crippen LogP contribution in [0.15, 0.2) is 41.6 Å². The minimum Gasteiger partial charge on any atom is -0.378 e. The van der Waals surface area contributed by atoms with E-state index in [-0.39, 0.29) is 16.7 Å². The van der Waals surface area contributed by atoms with Crippen LogP contribution >= 0.6 is 11.6 Å². The number of nitrogens with zero attached hydrogens (tertiary/aromatic N) is 3. The third-order valence-electron chi connectivity index (χ3n) is 2.83. The highest BCUT2D eigenvalue weighted by Gasteiger charge is 2.14. The predicted molar refractivity (Wildman–Crippen MR) is 81.8 cm³/mol. The van der Waals surface area contributed by atoms with Crippen LogP contribution in [0.25, 0.3) is 0 Å². The van der Waals surface area contributed by atoms with E-state index < -0.39 is 10.0 Å². The Hall–Kier alpha value is -1.70. The summed E-state index contributed by atoms with van der Waals surface area (Å²) in [4.78, 5) is 9.28. The molecule has 2 rings (SSSR count). The van der Waals surface area contributed by atoms with Gasteiger partial charge in [0.15, 0.2) is 0 Å². The Morgan fingerprint density at radius 1 is 1.14 bits per heavy atom. The lowest BCUT2D eigenvalue weighted by Gasteiger charge is -2.13. The van der Waals surface area contributed by atoms with Gasteiger partial charge in [0.2, 0.25) is 15.3 Å². The molecule has 0 amide bonds. The summed E-state index contributed by atoms with van der Waals surface area (Å²) in [7, 11) is 0.240. The first kappa shape index (κ1) is 15.7. The first-order chi connectivity index (χ1) is 9.88. The molecule has 2 aromatic rings. The molecule has 0 aliphatic heterocycles. The molecule has 0 aliphatic carbocycles. The average molecular weight is 327 g/mol. The number of sulfonamides is 1. The maximum Gasteiger partial charge on any atom is 0.243 e. The summed E-state index contributed by atoms with van der Waals surface area (Å²) in [6.45, 7) is 0.193. The fourth-order valence-electron chi connectivity index (χ4n) is 1.61. The summed E-state index contributed by atoms with van der Waals surface area (Å²) >= 11 is 5.53. The minimum atomic E-state index is -3.65. The van der Waals surface area contributed by atoms with Gasteiger partial charge in [0.1, 0.15) is 4.90 Å². The van der Waals surface area contributed by atoms with Crippen LogP contribution in [-0.2, 0) is 16.6 Å². The van der Waals surface area contributed by atoms with Crippen LogP contribution in [0.5, 0.6) is 0 Å². The Morgan fingerprint density at radius 2 is 1.71 bits per heavy atom. The Balaban J connectivity index is 2.06. The second-order valence-electron chi connectivity index (χ2n) is 4.57. The molecule has 0 aliphatic rings. The number of aromatic nitrogens is 2. The van der Waals surface area contributed by atoms with Crippen LogP contribution in [0.1, 0.15) is 5.56 Å². The average Bonchev–Trinajstić information content (AvgIpc) is 2.46. The third-order valence-corrected chi connectivity index (χ3v) is 4.38. The number of rotatable bonds is 5. The van der Waals surface area contributed by atoms with Crippen LogP contribution in [0.2, 0.25) is 5.28 Å². The van der Waals surface area contributed by atoms with Crippen molar-refractivity contribution >= 4 is 27.3 Å². The van der Waals surface area contributed by atoms with E-state index in [1.54, 1.807) is 0 Å². The van der Waals surface area contributed by atoms with Crippen molar-refractivity contribution in [2.45, 2.75) is 11.4 Å². The van der Waals surface area contributed by atoms with Crippen molar-refractivity contribution in [3.8, 4) is 0 Å². The normalized spacial score (nSPS) is 11.4. The van der Waals surface area contributed by atoms with Crippen LogP contribution in [0, 0.1) is 0 Å². The van der Waals surface area contributed by atoms with E-state index in [2.05, 4.69) is 14.7 Å². The highest BCUT2D eigenvalue weighted by atomic mass is 35.5. The molecular formula is C13H15ClN4O2S. The molecule has 1 heterocycles. The van der Waals surface area contributed by atoms with Crippen molar-refractivity contribution in [2.24, 2.45) is 0 Å². The summed E-state index contributed by atoms with van der Waals surface area (Å²) in [6.07, 6.45) is 2.35. The van der Waals surface area contributed by atoms with Crippen molar-refractivity contribution < 1.29 is 8.42 Å². The number of hydrogen-bond acceptors (Lipinski definition) is 5. The number of nitrogens with one attached hydrogen (secondary N) is 1. The van der Waals surface area contributed by atoms with Gasteiger partial charge >= 0.3 is 0 Å². The van der Waals surface area contributed by atoms with Gasteiger partial charge in [0, 0.05) is 26.3 Å². The molecule has 1 aromatic heterocycles. The molecule has 0 spiro atoms. The lowest BCUT2D eigenvalue weighted by molar-refractivity contribution is 0.580. The fraction of sp³-hybridized carbons (Fsp3) is 0.231. The van der Waals surface area contributed by atoms with E-state index in [1.165, 1.54) is 12.4 Å². The predicted octanol–water partition coefficient (Wildman–Crippen LogP) is 1.67. The zero-order valence-corrected chi connectivity index (χ0v) is 13.2. The van der Waals surface area contributed by atoms with E-state index >= 15 is 0 Å². The van der Waals surface area contributed by atoms with Gasteiger partial charge < -0.3 is 4.90 Å². The van der Waals surface area contributed by atoms with Crippen LogP contribution in [-0.4, -0.2) is 32.5 Å². The smallest absolute Gasteiger partial charge is 0.243 e. The lowest BCUT2D eigenvalue weighted by atomic mass is 10.2. The highest BCUT2D eigenvalue weighted by Crippen LogP contribution is 2.13. The first-order valence-corrected chi connectivity index (χ1v) is 7.98. The van der Waals surface area contributed by atoms with Gasteiger partial charge in [0.25, 0.3) is 0 Å². The quantitative estimate of drug-likeness (QED) is 0.846. The number of hydrogen-bond donors (Lipinski definition) is 1. The summed E-state index contributed by atoms with van der Waals surface area (Å²) in [5.74, 6) is 0. The van der Waals surface area contributed by atoms with E-state index in [0.29, 0.717) is 0 Å². The summed E-state index contributed by atoms with van der Waals surface area (Å²) in [6, 6.07) is 7.59. The monoisotopic (exact) mass is 326 g/mol. The SMILES string of the molecule is CN(C)c1ccc(CNS(=O)(=O)c2cnc(Cl)nc2)cc1. The highest BCUT2D eigenvalue weighted by molar-refractivity contribution is 7.89. The standard InChI is InChI=1S/C13H15ClN4O2S/c1-18(2)11-5-3-10(4-6-11)7-17-21(19,20)12-8-15-13(14)16-9-12/h3-6,8-9,17H,7H2,1-2H3. The van der Waals surface area contributed by atoms with Crippen molar-refractivity contribution in [2.75, 3.05) is 19.0 Å². The Kier molecular flexibility index (Phi) is 4.76. The molecule has 0 fully saturated rings. The van der Waals surface area contributed by atoms with Crippen LogP contribution in [0.3, 0.4) is 0 Å². The topological polar surface area (TPSA) is 75.2 Å². The number of benzene rings is 1. The number of anilines is 1. The second kappa shape index (κ2) is 6.38. The van der Waals surface area contributed by atoms with Crippen molar-refractivity contribution in [3.63, 3.8) is 0 Å². The Labute approximate surface area is 128 Å². The second-order valence-corrected chi connectivity index (χ2v) is 6.68. The molecule has 1 N–H and O–H groups in total. The van der Waals surface area contributed by atoms with Gasteiger partial charge in [-0.3, -0.25) is 0 Å². The molecular weight excluding hydrogens is 312 g/mol. The van der Waals surface area contributed by atoms with Crippen molar-refractivity contribution in [1.82, 2.24) is 14.7 Å². The maximum absolute atomic E-state index is 12.0. The van der Waals surface area contributed by atoms with Gasteiger partial charge in [0.05, 0.1) is 12.4 Å². The van der Waals surface area contributed by atoms with Crippen molar-refractivity contribution in [1.29, 1.82) is 0 Å². The Bertz CT molecular complexity index is 700. The molecule has 0 bridgehead atoms.